The van der Waals surface area contributed by atoms with Gasteiger partial charge in [-0.05, 0) is 62.5 Å². The van der Waals surface area contributed by atoms with Crippen molar-refractivity contribution >= 4 is 17.8 Å². The lowest BCUT2D eigenvalue weighted by molar-refractivity contribution is -0.0684. The van der Waals surface area contributed by atoms with Crippen molar-refractivity contribution in [2.45, 2.75) is 62.6 Å². The second kappa shape index (κ2) is 5.65. The number of nitrogens with one attached hydrogen (secondary N) is 2. The molecule has 2 aliphatic carbocycles. The van der Waals surface area contributed by atoms with Crippen molar-refractivity contribution < 1.29 is 9.53 Å². The van der Waals surface area contributed by atoms with Crippen molar-refractivity contribution in [2.75, 3.05) is 18.1 Å². The topological polar surface area (TPSA) is 50.4 Å². The maximum absolute atomic E-state index is 12.3. The van der Waals surface area contributed by atoms with E-state index in [1.54, 1.807) is 0 Å². The summed E-state index contributed by atoms with van der Waals surface area (Å²) >= 11 is 1.98. The number of thioether (sulfide) groups is 1. The van der Waals surface area contributed by atoms with E-state index in [9.17, 15) is 4.79 Å². The SMILES string of the molecule is O=C(NC(C1CC1)C1CC1)N[C@@H]1CCO[C@]2(CCSC2)C1. The van der Waals surface area contributed by atoms with E-state index < -0.39 is 0 Å². The maximum atomic E-state index is 12.3. The molecule has 4 rings (SSSR count). The number of hydrogen-bond donors (Lipinski definition) is 2. The van der Waals surface area contributed by atoms with Gasteiger partial charge >= 0.3 is 6.03 Å². The van der Waals surface area contributed by atoms with Gasteiger partial charge in [0.25, 0.3) is 0 Å². The lowest BCUT2D eigenvalue weighted by atomic mass is 9.90. The van der Waals surface area contributed by atoms with Crippen molar-refractivity contribution in [1.29, 1.82) is 0 Å². The van der Waals surface area contributed by atoms with Crippen molar-refractivity contribution in [3.63, 3.8) is 0 Å². The van der Waals surface area contributed by atoms with Crippen LogP contribution >= 0.6 is 11.8 Å². The molecule has 0 bridgehead atoms. The van der Waals surface area contributed by atoms with Crippen LogP contribution in [0.5, 0.6) is 0 Å². The van der Waals surface area contributed by atoms with Gasteiger partial charge in [0.15, 0.2) is 0 Å². The summed E-state index contributed by atoms with van der Waals surface area (Å²) in [5.74, 6) is 3.82. The predicted octanol–water partition coefficient (Wildman–Crippen LogP) is 2.53. The number of carbonyl (C=O) groups excluding carboxylic acids is 1. The Kier molecular flexibility index (Phi) is 3.82. The molecular formula is C16H26N2O2S. The quantitative estimate of drug-likeness (QED) is 0.839. The zero-order valence-corrected chi connectivity index (χ0v) is 13.4. The van der Waals surface area contributed by atoms with Gasteiger partial charge in [-0.25, -0.2) is 4.79 Å². The van der Waals surface area contributed by atoms with Gasteiger partial charge < -0.3 is 15.4 Å². The van der Waals surface area contributed by atoms with Crippen LogP contribution in [0.2, 0.25) is 0 Å². The molecule has 0 radical (unpaired) electrons. The van der Waals surface area contributed by atoms with E-state index in [0.717, 1.165) is 43.5 Å². The fourth-order valence-electron chi connectivity index (χ4n) is 3.92. The maximum Gasteiger partial charge on any atom is 0.315 e. The highest BCUT2D eigenvalue weighted by molar-refractivity contribution is 7.99. The van der Waals surface area contributed by atoms with Crippen LogP contribution < -0.4 is 10.6 Å². The van der Waals surface area contributed by atoms with Crippen LogP contribution in [-0.4, -0.2) is 41.8 Å². The molecule has 2 atom stereocenters. The van der Waals surface area contributed by atoms with E-state index in [1.807, 2.05) is 11.8 Å². The highest BCUT2D eigenvalue weighted by atomic mass is 32.2. The molecule has 5 heteroatoms. The minimum atomic E-state index is 0.0489. The fraction of sp³-hybridized carbons (Fsp3) is 0.938. The van der Waals surface area contributed by atoms with Crippen LogP contribution in [0.3, 0.4) is 0 Å². The van der Waals surface area contributed by atoms with Crippen molar-refractivity contribution in [2.24, 2.45) is 11.8 Å². The van der Waals surface area contributed by atoms with Gasteiger partial charge in [-0.15, -0.1) is 0 Å². The Labute approximate surface area is 131 Å². The third-order valence-corrected chi connectivity index (χ3v) is 6.68. The third kappa shape index (κ3) is 3.34. The number of carbonyl (C=O) groups is 1. The summed E-state index contributed by atoms with van der Waals surface area (Å²) in [6.45, 7) is 0.792. The Bertz CT molecular complexity index is 391. The molecule has 0 aromatic heterocycles. The molecule has 2 heterocycles. The molecule has 2 amide bonds. The number of rotatable bonds is 4. The van der Waals surface area contributed by atoms with Gasteiger partial charge in [-0.2, -0.15) is 11.8 Å². The van der Waals surface area contributed by atoms with E-state index in [2.05, 4.69) is 10.6 Å². The normalized spacial score (nSPS) is 36.1. The summed E-state index contributed by atoms with van der Waals surface area (Å²) in [4.78, 5) is 12.3. The summed E-state index contributed by atoms with van der Waals surface area (Å²) < 4.78 is 6.02. The van der Waals surface area contributed by atoms with E-state index in [1.165, 1.54) is 31.4 Å². The van der Waals surface area contributed by atoms with Crippen LogP contribution in [0.1, 0.15) is 44.9 Å². The standard InChI is InChI=1S/C16H26N2O2S/c19-15(18-14(11-1-2-11)12-3-4-12)17-13-5-7-20-16(9-13)6-8-21-10-16/h11-14H,1-10H2,(H2,17,18,19)/t13-,16-/m1/s1. The number of hydrogen-bond acceptors (Lipinski definition) is 3. The molecule has 0 unspecified atom stereocenters. The van der Waals surface area contributed by atoms with Crippen LogP contribution in [0.25, 0.3) is 0 Å². The summed E-state index contributed by atoms with van der Waals surface area (Å²) in [5.41, 5.74) is 0.0489. The van der Waals surface area contributed by atoms with Gasteiger partial charge in [0, 0.05) is 24.4 Å². The monoisotopic (exact) mass is 310 g/mol. The molecule has 2 saturated heterocycles. The van der Waals surface area contributed by atoms with Crippen LogP contribution in [0.15, 0.2) is 0 Å². The van der Waals surface area contributed by atoms with E-state index in [-0.39, 0.29) is 17.7 Å². The lowest BCUT2D eigenvalue weighted by Crippen LogP contribution is -2.53. The molecule has 4 nitrogen and oxygen atoms in total. The largest absolute Gasteiger partial charge is 0.374 e. The summed E-state index contributed by atoms with van der Waals surface area (Å²) in [6.07, 6.45) is 8.31. The van der Waals surface area contributed by atoms with Gasteiger partial charge in [-0.1, -0.05) is 0 Å². The fourth-order valence-corrected chi connectivity index (χ4v) is 5.30. The van der Waals surface area contributed by atoms with Gasteiger partial charge in [0.1, 0.15) is 0 Å². The first-order valence-electron chi connectivity index (χ1n) is 8.53. The number of ether oxygens (including phenoxy) is 1. The number of amides is 2. The Morgan fingerprint density at radius 1 is 1.19 bits per heavy atom. The van der Waals surface area contributed by atoms with E-state index in [4.69, 9.17) is 4.74 Å². The second-order valence-corrected chi connectivity index (χ2v) is 8.45. The first kappa shape index (κ1) is 14.2. The molecule has 0 aromatic rings. The number of urea groups is 1. The Morgan fingerprint density at radius 3 is 2.57 bits per heavy atom. The van der Waals surface area contributed by atoms with Crippen molar-refractivity contribution in [1.82, 2.24) is 10.6 Å². The van der Waals surface area contributed by atoms with Crippen LogP contribution in [0, 0.1) is 11.8 Å². The molecule has 4 fully saturated rings. The minimum Gasteiger partial charge on any atom is -0.374 e. The summed E-state index contributed by atoms with van der Waals surface area (Å²) in [6, 6.07) is 0.795. The second-order valence-electron chi connectivity index (χ2n) is 7.34. The average Bonchev–Trinajstić information content (AvgIpc) is 3.37. The smallest absolute Gasteiger partial charge is 0.315 e. The highest BCUT2D eigenvalue weighted by Gasteiger charge is 2.43. The van der Waals surface area contributed by atoms with E-state index >= 15 is 0 Å². The first-order valence-corrected chi connectivity index (χ1v) is 9.68. The van der Waals surface area contributed by atoms with Gasteiger partial charge in [-0.3, -0.25) is 0 Å². The Hall–Kier alpha value is -0.420. The molecule has 1 spiro atoms. The first-order chi connectivity index (χ1) is 10.2. The lowest BCUT2D eigenvalue weighted by Gasteiger charge is -2.38. The van der Waals surface area contributed by atoms with Crippen LogP contribution in [-0.2, 0) is 4.74 Å². The summed E-state index contributed by atoms with van der Waals surface area (Å²) in [5, 5.41) is 6.50. The third-order valence-electron chi connectivity index (χ3n) is 5.45. The zero-order valence-electron chi connectivity index (χ0n) is 12.6. The van der Waals surface area contributed by atoms with Gasteiger partial charge in [0.05, 0.1) is 5.60 Å². The van der Waals surface area contributed by atoms with Gasteiger partial charge in [0.2, 0.25) is 0 Å². The predicted molar refractivity (Wildman–Crippen MR) is 84.6 cm³/mol. The Balaban J connectivity index is 1.29. The van der Waals surface area contributed by atoms with E-state index in [0.29, 0.717) is 6.04 Å². The van der Waals surface area contributed by atoms with Crippen LogP contribution in [0.4, 0.5) is 4.79 Å². The van der Waals surface area contributed by atoms with Crippen molar-refractivity contribution in [3.05, 3.63) is 0 Å². The molecular weight excluding hydrogens is 284 g/mol. The Morgan fingerprint density at radius 2 is 1.95 bits per heavy atom. The molecule has 4 aliphatic rings. The van der Waals surface area contributed by atoms with Crippen molar-refractivity contribution in [3.8, 4) is 0 Å². The summed E-state index contributed by atoms with van der Waals surface area (Å²) in [7, 11) is 0. The average molecular weight is 310 g/mol. The molecule has 2 aliphatic heterocycles. The molecule has 118 valence electrons. The molecule has 2 saturated carbocycles. The molecule has 0 aromatic carbocycles. The molecule has 2 N–H and O–H groups in total. The minimum absolute atomic E-state index is 0.0489. The molecule has 21 heavy (non-hydrogen) atoms. The highest BCUT2D eigenvalue weighted by Crippen LogP contribution is 2.44. The zero-order chi connectivity index (χ0) is 14.3.